The SMILES string of the molecule is Nc1ncc(C#Cc2ccc(Cl)cc2)c(NC2CCC(O)CC2)n1.Nc1ncc(C#Cc2ccc(Cl)cc2)c(NC2CCC(O)CC2)n1.Nc1ncc(C#Cc2ccc(Cl)cc2)c(Nc2ccc(O)cc2)n1.Nc1ncc(C#Cc2ccccc2)c(NC2CCC(O)CC2)n1.OC1CCC(Nc2ncncc2C#Cc2ccc(Cl)cc2)CC1. The Balaban J connectivity index is 0.000000145. The molecule has 118 heavy (non-hydrogen) atoms. The van der Waals surface area contributed by atoms with Gasteiger partial charge < -0.3 is 75.1 Å². The minimum atomic E-state index is -0.192. The summed E-state index contributed by atoms with van der Waals surface area (Å²) in [5.41, 5.74) is 31.4. The van der Waals surface area contributed by atoms with Crippen molar-refractivity contribution in [2.24, 2.45) is 0 Å². The zero-order chi connectivity index (χ0) is 83.0. The van der Waals surface area contributed by atoms with Gasteiger partial charge in [0.15, 0.2) is 5.82 Å². The van der Waals surface area contributed by atoms with Crippen LogP contribution in [0.4, 0.5) is 58.6 Å². The maximum absolute atomic E-state index is 9.62. The number of hydrogen-bond acceptors (Lipinski definition) is 24. The Kier molecular flexibility index (Phi) is 32.6. The van der Waals surface area contributed by atoms with Crippen LogP contribution in [0.2, 0.25) is 20.1 Å². The quantitative estimate of drug-likeness (QED) is 0.0447. The Morgan fingerprint density at radius 2 is 0.551 bits per heavy atom. The molecular formula is C90H89Cl4N19O5. The van der Waals surface area contributed by atoms with E-state index in [2.05, 4.69) is 136 Å². The molecule has 4 fully saturated rings. The molecule has 15 rings (SSSR count). The summed E-state index contributed by atoms with van der Waals surface area (Å²) in [4.78, 5) is 41.5. The Hall–Kier alpha value is -12.5. The number of aromatic hydroxyl groups is 1. The lowest BCUT2D eigenvalue weighted by molar-refractivity contribution is 0.125. The number of anilines is 10. The molecule has 0 bridgehead atoms. The molecule has 24 nitrogen and oxygen atoms in total. The molecule has 0 unspecified atom stereocenters. The number of nitrogens with one attached hydrogen (secondary N) is 5. The maximum Gasteiger partial charge on any atom is 0.222 e. The molecule has 4 aliphatic rings. The van der Waals surface area contributed by atoms with Crippen LogP contribution in [0.1, 0.15) is 158 Å². The van der Waals surface area contributed by atoms with E-state index in [1.807, 2.05) is 91.0 Å². The van der Waals surface area contributed by atoms with Gasteiger partial charge in [-0.2, -0.15) is 19.9 Å². The molecular weight excluding hydrogens is 1570 g/mol. The predicted octanol–water partition coefficient (Wildman–Crippen LogP) is 14.6. The van der Waals surface area contributed by atoms with Gasteiger partial charge in [0, 0.05) is 84.0 Å². The average molecular weight is 1660 g/mol. The highest BCUT2D eigenvalue weighted by atomic mass is 35.5. The number of benzene rings is 6. The van der Waals surface area contributed by atoms with Gasteiger partial charge in [0.25, 0.3) is 0 Å². The topological polar surface area (TPSA) is 394 Å². The van der Waals surface area contributed by atoms with Gasteiger partial charge in [-0.15, -0.1) is 0 Å². The molecule has 0 aliphatic heterocycles. The van der Waals surface area contributed by atoms with E-state index < -0.39 is 0 Å². The van der Waals surface area contributed by atoms with Crippen molar-refractivity contribution in [1.29, 1.82) is 0 Å². The number of aromatic nitrogens is 10. The van der Waals surface area contributed by atoms with Crippen LogP contribution in [0.25, 0.3) is 0 Å². The first-order valence-electron chi connectivity index (χ1n) is 38.5. The van der Waals surface area contributed by atoms with E-state index >= 15 is 0 Å². The molecule has 602 valence electrons. The molecule has 28 heteroatoms. The van der Waals surface area contributed by atoms with E-state index in [1.54, 1.807) is 91.6 Å². The van der Waals surface area contributed by atoms with Crippen LogP contribution in [0.3, 0.4) is 0 Å². The molecule has 0 spiro atoms. The summed E-state index contributed by atoms with van der Waals surface area (Å²) in [7, 11) is 0. The van der Waals surface area contributed by atoms with E-state index in [-0.39, 0.29) is 72.1 Å². The summed E-state index contributed by atoms with van der Waals surface area (Å²) in [6.07, 6.45) is 22.7. The molecule has 5 heterocycles. The molecule has 18 N–H and O–H groups in total. The third kappa shape index (κ3) is 29.1. The molecule has 4 saturated carbocycles. The minimum Gasteiger partial charge on any atom is -0.508 e. The Labute approximate surface area is 706 Å². The third-order valence-corrected chi connectivity index (χ3v) is 20.1. The Bertz CT molecular complexity index is 5290. The number of halogens is 4. The summed E-state index contributed by atoms with van der Waals surface area (Å²) < 4.78 is 0. The molecule has 5 aromatic heterocycles. The summed E-state index contributed by atoms with van der Waals surface area (Å²) in [6.45, 7) is 0. The van der Waals surface area contributed by atoms with Gasteiger partial charge in [0.05, 0.1) is 77.0 Å². The van der Waals surface area contributed by atoms with Gasteiger partial charge in [0.1, 0.15) is 35.3 Å². The van der Waals surface area contributed by atoms with Crippen molar-refractivity contribution >= 4 is 105 Å². The first-order valence-corrected chi connectivity index (χ1v) is 40.0. The number of nitrogen functional groups attached to an aromatic ring is 4. The van der Waals surface area contributed by atoms with E-state index in [0.717, 1.165) is 153 Å². The highest BCUT2D eigenvalue weighted by Gasteiger charge is 2.25. The highest BCUT2D eigenvalue weighted by Crippen LogP contribution is 2.29. The fraction of sp³-hybridized carbons (Fsp3) is 0.267. The van der Waals surface area contributed by atoms with Crippen molar-refractivity contribution in [3.05, 3.63) is 265 Å². The van der Waals surface area contributed by atoms with Crippen molar-refractivity contribution in [1.82, 2.24) is 49.8 Å². The lowest BCUT2D eigenvalue weighted by Gasteiger charge is -2.26. The van der Waals surface area contributed by atoms with Crippen LogP contribution in [-0.4, -0.2) is 124 Å². The molecule has 0 saturated heterocycles. The van der Waals surface area contributed by atoms with Gasteiger partial charge in [-0.1, -0.05) is 124 Å². The number of aliphatic hydroxyl groups excluding tert-OH is 4. The Morgan fingerprint density at radius 3 is 0.856 bits per heavy atom. The van der Waals surface area contributed by atoms with Crippen LogP contribution < -0.4 is 49.5 Å². The van der Waals surface area contributed by atoms with Crippen LogP contribution >= 0.6 is 46.4 Å². The highest BCUT2D eigenvalue weighted by molar-refractivity contribution is 6.31. The fourth-order valence-electron chi connectivity index (χ4n) is 12.6. The van der Waals surface area contributed by atoms with Gasteiger partial charge in [-0.05, 0) is 236 Å². The Morgan fingerprint density at radius 1 is 0.288 bits per heavy atom. The number of rotatable bonds is 10. The van der Waals surface area contributed by atoms with Crippen molar-refractivity contribution < 1.29 is 25.5 Å². The average Bonchev–Trinajstić information content (AvgIpc) is 0.864. The number of phenols is 1. The monoisotopic (exact) mass is 1660 g/mol. The van der Waals surface area contributed by atoms with Gasteiger partial charge in [0.2, 0.25) is 23.8 Å². The van der Waals surface area contributed by atoms with Crippen molar-refractivity contribution in [3.8, 4) is 65.0 Å². The number of hydrogen-bond donors (Lipinski definition) is 14. The van der Waals surface area contributed by atoms with E-state index in [9.17, 15) is 25.5 Å². The van der Waals surface area contributed by atoms with Crippen LogP contribution in [0.5, 0.6) is 5.75 Å². The lowest BCUT2D eigenvalue weighted by Crippen LogP contribution is -2.29. The molecule has 0 amide bonds. The summed E-state index contributed by atoms with van der Waals surface area (Å²) in [6, 6.07) is 46.8. The lowest BCUT2D eigenvalue weighted by atomic mass is 9.93. The van der Waals surface area contributed by atoms with Crippen molar-refractivity contribution in [2.75, 3.05) is 49.5 Å². The summed E-state index contributed by atoms with van der Waals surface area (Å²) >= 11 is 23.5. The molecule has 0 atom stereocenters. The second-order valence-corrected chi connectivity index (χ2v) is 29.9. The molecule has 11 aromatic rings. The third-order valence-electron chi connectivity index (χ3n) is 19.1. The van der Waals surface area contributed by atoms with Crippen LogP contribution in [0, 0.1) is 59.2 Å². The second kappa shape index (κ2) is 44.6. The normalized spacial score (nSPS) is 18.1. The van der Waals surface area contributed by atoms with E-state index in [1.165, 1.54) is 6.33 Å². The molecule has 6 aromatic carbocycles. The second-order valence-electron chi connectivity index (χ2n) is 28.2. The predicted molar refractivity (Wildman–Crippen MR) is 469 cm³/mol. The number of nitrogens with zero attached hydrogens (tertiary/aromatic N) is 10. The van der Waals surface area contributed by atoms with Gasteiger partial charge in [-0.25, -0.2) is 29.9 Å². The zero-order valence-corrected chi connectivity index (χ0v) is 67.4. The number of aliphatic hydroxyl groups is 4. The molecule has 4 aliphatic carbocycles. The van der Waals surface area contributed by atoms with Gasteiger partial charge >= 0.3 is 0 Å². The number of phenolic OH excluding ortho intramolecular Hbond substituents is 1. The minimum absolute atomic E-state index is 0.147. The maximum atomic E-state index is 9.62. The fourth-order valence-corrected chi connectivity index (χ4v) is 13.1. The standard InChI is InChI=1S/2C18H19ClN4O.C18H13ClN4O.C18H18ClN3O.C18H20N4O/c3*19-14-5-2-12(3-6-14)1-4-13-11-21-18(20)23-17(13)22-15-7-9-16(24)10-8-15;19-15-5-2-13(3-6-15)1-4-14-11-20-12-21-18(14)22-16-7-9-17(23)10-8-16;19-18-20-12-14(7-6-13-4-2-1-3-5-13)17(22-18)21-15-8-10-16(23)11-9-15/h2*2-3,5-6,11,15-16,24H,7-10H2,(H3,20,21,22,23);2-3,5-11,24H,(H3,20,21,22,23);2-3,5-6,11-12,16-17,23H,7-10H2,(H,20,21,22);1-5,12,15-16,23H,8-11H2,(H3,19,20,21,22). The molecule has 0 radical (unpaired) electrons. The van der Waals surface area contributed by atoms with Crippen molar-refractivity contribution in [2.45, 2.75) is 151 Å². The first kappa shape index (κ1) is 86.4. The van der Waals surface area contributed by atoms with Crippen LogP contribution in [0.15, 0.2) is 189 Å². The number of nitrogens with two attached hydrogens (primary N) is 4. The smallest absolute Gasteiger partial charge is 0.222 e. The van der Waals surface area contributed by atoms with Crippen LogP contribution in [-0.2, 0) is 0 Å². The van der Waals surface area contributed by atoms with E-state index in [0.29, 0.717) is 66.1 Å². The first-order chi connectivity index (χ1) is 57.2. The zero-order valence-electron chi connectivity index (χ0n) is 64.4. The van der Waals surface area contributed by atoms with Gasteiger partial charge in [-0.3, -0.25) is 0 Å². The van der Waals surface area contributed by atoms with Crippen molar-refractivity contribution in [3.63, 3.8) is 0 Å². The summed E-state index contributed by atoms with van der Waals surface area (Å²) in [5, 5.41) is 67.2. The van der Waals surface area contributed by atoms with E-state index in [4.69, 9.17) is 69.3 Å². The summed E-state index contributed by atoms with van der Waals surface area (Å²) in [5.74, 6) is 35.0. The largest absolute Gasteiger partial charge is 0.508 e.